The zero-order valence-corrected chi connectivity index (χ0v) is 12.7. The van der Waals surface area contributed by atoms with Crippen molar-refractivity contribution in [3.05, 3.63) is 24.0 Å². The fourth-order valence-corrected chi connectivity index (χ4v) is 2.78. The molecule has 0 radical (unpaired) electrons. The number of nitrogens with one attached hydrogen (secondary N) is 1. The van der Waals surface area contributed by atoms with Crippen LogP contribution in [0, 0.1) is 5.82 Å². The van der Waals surface area contributed by atoms with Crippen LogP contribution in [0.15, 0.2) is 18.2 Å². The summed E-state index contributed by atoms with van der Waals surface area (Å²) in [5.74, 6) is 0.0633. The second-order valence-corrected chi connectivity index (χ2v) is 5.65. The lowest BCUT2D eigenvalue weighted by Crippen LogP contribution is -2.47. The van der Waals surface area contributed by atoms with E-state index in [4.69, 9.17) is 4.74 Å². The molecular formula is C16H25FN2O. The van der Waals surface area contributed by atoms with Gasteiger partial charge in [-0.2, -0.15) is 0 Å². The van der Waals surface area contributed by atoms with Crippen molar-refractivity contribution in [2.45, 2.75) is 45.7 Å². The van der Waals surface area contributed by atoms with Crippen molar-refractivity contribution in [3.8, 4) is 5.75 Å². The summed E-state index contributed by atoms with van der Waals surface area (Å²) in [7, 11) is 0. The average molecular weight is 280 g/mol. The van der Waals surface area contributed by atoms with Gasteiger partial charge in [-0.1, -0.05) is 13.8 Å². The Balaban J connectivity index is 2.05. The second-order valence-electron chi connectivity index (χ2n) is 5.65. The van der Waals surface area contributed by atoms with Crippen LogP contribution in [0.5, 0.6) is 5.75 Å². The SMILES string of the molecule is CCOc1ccc(N2CCCC(NC(C)C)C2)cc1F. The quantitative estimate of drug-likeness (QED) is 0.896. The summed E-state index contributed by atoms with van der Waals surface area (Å²) in [5, 5.41) is 3.57. The number of hydrogen-bond donors (Lipinski definition) is 1. The number of benzene rings is 1. The van der Waals surface area contributed by atoms with Crippen molar-refractivity contribution in [2.24, 2.45) is 0 Å². The molecule has 1 N–H and O–H groups in total. The Kier molecular flexibility index (Phi) is 5.24. The Hall–Kier alpha value is -1.29. The number of piperidine rings is 1. The molecular weight excluding hydrogens is 255 g/mol. The third kappa shape index (κ3) is 3.85. The summed E-state index contributed by atoms with van der Waals surface area (Å²) in [6.07, 6.45) is 2.33. The summed E-state index contributed by atoms with van der Waals surface area (Å²) < 4.78 is 19.2. The van der Waals surface area contributed by atoms with E-state index in [2.05, 4.69) is 24.1 Å². The summed E-state index contributed by atoms with van der Waals surface area (Å²) >= 11 is 0. The standard InChI is InChI=1S/C16H25FN2O/c1-4-20-16-8-7-14(10-15(16)17)19-9-5-6-13(11-19)18-12(2)3/h7-8,10,12-13,18H,4-6,9,11H2,1-3H3. The molecule has 0 amide bonds. The minimum atomic E-state index is -0.275. The van der Waals surface area contributed by atoms with Gasteiger partial charge >= 0.3 is 0 Å². The van der Waals surface area contributed by atoms with E-state index >= 15 is 0 Å². The van der Waals surface area contributed by atoms with Crippen LogP contribution in [0.3, 0.4) is 0 Å². The summed E-state index contributed by atoms with van der Waals surface area (Å²) in [6, 6.07) is 6.23. The molecule has 1 aromatic carbocycles. The molecule has 1 atom stereocenters. The molecule has 1 aliphatic heterocycles. The van der Waals surface area contributed by atoms with Crippen molar-refractivity contribution in [1.29, 1.82) is 0 Å². The molecule has 1 aliphatic rings. The first-order valence-electron chi connectivity index (χ1n) is 7.53. The van der Waals surface area contributed by atoms with Gasteiger partial charge in [-0.3, -0.25) is 0 Å². The van der Waals surface area contributed by atoms with Gasteiger partial charge in [0.15, 0.2) is 11.6 Å². The highest BCUT2D eigenvalue weighted by atomic mass is 19.1. The molecule has 1 heterocycles. The molecule has 1 fully saturated rings. The number of ether oxygens (including phenoxy) is 1. The lowest BCUT2D eigenvalue weighted by molar-refractivity contribution is 0.321. The van der Waals surface area contributed by atoms with E-state index in [1.807, 2.05) is 13.0 Å². The minimum absolute atomic E-state index is 0.275. The van der Waals surface area contributed by atoms with Crippen molar-refractivity contribution in [1.82, 2.24) is 5.32 Å². The molecule has 112 valence electrons. The molecule has 0 spiro atoms. The van der Waals surface area contributed by atoms with Crippen LogP contribution in [-0.4, -0.2) is 31.8 Å². The predicted molar refractivity (Wildman–Crippen MR) is 81.1 cm³/mol. The van der Waals surface area contributed by atoms with E-state index in [1.165, 1.54) is 6.42 Å². The lowest BCUT2D eigenvalue weighted by Gasteiger charge is -2.35. The first-order valence-corrected chi connectivity index (χ1v) is 7.53. The highest BCUT2D eigenvalue weighted by Crippen LogP contribution is 2.26. The van der Waals surface area contributed by atoms with Crippen molar-refractivity contribution >= 4 is 5.69 Å². The molecule has 0 aromatic heterocycles. The fourth-order valence-electron chi connectivity index (χ4n) is 2.78. The van der Waals surface area contributed by atoms with E-state index in [0.717, 1.165) is 25.2 Å². The van der Waals surface area contributed by atoms with Crippen molar-refractivity contribution in [2.75, 3.05) is 24.6 Å². The molecule has 3 nitrogen and oxygen atoms in total. The van der Waals surface area contributed by atoms with Crippen LogP contribution >= 0.6 is 0 Å². The van der Waals surface area contributed by atoms with Gasteiger partial charge in [0.1, 0.15) is 0 Å². The third-order valence-electron chi connectivity index (χ3n) is 3.57. The maximum Gasteiger partial charge on any atom is 0.167 e. The number of hydrogen-bond acceptors (Lipinski definition) is 3. The van der Waals surface area contributed by atoms with Gasteiger partial charge in [0.05, 0.1) is 6.61 Å². The van der Waals surface area contributed by atoms with Gasteiger partial charge in [-0.05, 0) is 31.9 Å². The van der Waals surface area contributed by atoms with E-state index in [-0.39, 0.29) is 5.82 Å². The van der Waals surface area contributed by atoms with Crippen LogP contribution in [0.1, 0.15) is 33.6 Å². The number of halogens is 1. The molecule has 20 heavy (non-hydrogen) atoms. The number of anilines is 1. The van der Waals surface area contributed by atoms with Crippen LogP contribution in [0.4, 0.5) is 10.1 Å². The Morgan fingerprint density at radius 3 is 2.90 bits per heavy atom. The van der Waals surface area contributed by atoms with E-state index in [1.54, 1.807) is 12.1 Å². The number of rotatable bonds is 5. The van der Waals surface area contributed by atoms with Crippen LogP contribution in [-0.2, 0) is 0 Å². The van der Waals surface area contributed by atoms with Gasteiger partial charge in [-0.15, -0.1) is 0 Å². The average Bonchev–Trinajstić information content (AvgIpc) is 2.41. The minimum Gasteiger partial charge on any atom is -0.491 e. The topological polar surface area (TPSA) is 24.5 Å². The molecule has 0 aliphatic carbocycles. The Labute approximate surface area is 121 Å². The summed E-state index contributed by atoms with van der Waals surface area (Å²) in [5.41, 5.74) is 0.946. The van der Waals surface area contributed by atoms with Crippen LogP contribution in [0.2, 0.25) is 0 Å². The largest absolute Gasteiger partial charge is 0.491 e. The smallest absolute Gasteiger partial charge is 0.167 e. The van der Waals surface area contributed by atoms with Crippen molar-refractivity contribution < 1.29 is 9.13 Å². The molecule has 0 bridgehead atoms. The highest BCUT2D eigenvalue weighted by Gasteiger charge is 2.21. The zero-order valence-electron chi connectivity index (χ0n) is 12.7. The van der Waals surface area contributed by atoms with Crippen LogP contribution in [0.25, 0.3) is 0 Å². The monoisotopic (exact) mass is 280 g/mol. The van der Waals surface area contributed by atoms with Gasteiger partial charge < -0.3 is 15.0 Å². The first-order chi connectivity index (χ1) is 9.60. The first kappa shape index (κ1) is 15.1. The molecule has 1 aromatic rings. The molecule has 1 unspecified atom stereocenters. The van der Waals surface area contributed by atoms with Crippen molar-refractivity contribution in [3.63, 3.8) is 0 Å². The Morgan fingerprint density at radius 2 is 2.25 bits per heavy atom. The van der Waals surface area contributed by atoms with E-state index < -0.39 is 0 Å². The van der Waals surface area contributed by atoms with Gasteiger partial charge in [-0.25, -0.2) is 4.39 Å². The second kappa shape index (κ2) is 6.93. The molecule has 1 saturated heterocycles. The predicted octanol–water partition coefficient (Wildman–Crippen LogP) is 3.19. The fraction of sp³-hybridized carbons (Fsp3) is 0.625. The van der Waals surface area contributed by atoms with Gasteiger partial charge in [0, 0.05) is 36.9 Å². The summed E-state index contributed by atoms with van der Waals surface area (Å²) in [4.78, 5) is 2.25. The Morgan fingerprint density at radius 1 is 1.45 bits per heavy atom. The molecule has 4 heteroatoms. The molecule has 2 rings (SSSR count). The molecule has 0 saturated carbocycles. The normalized spacial score (nSPS) is 19.4. The van der Waals surface area contributed by atoms with Gasteiger partial charge in [0.2, 0.25) is 0 Å². The van der Waals surface area contributed by atoms with E-state index in [0.29, 0.717) is 24.4 Å². The lowest BCUT2D eigenvalue weighted by atomic mass is 10.0. The Bertz CT molecular complexity index is 436. The van der Waals surface area contributed by atoms with Gasteiger partial charge in [0.25, 0.3) is 0 Å². The maximum atomic E-state index is 13.9. The summed E-state index contributed by atoms with van der Waals surface area (Å²) in [6.45, 7) is 8.60. The number of nitrogens with zero attached hydrogens (tertiary/aromatic N) is 1. The van der Waals surface area contributed by atoms with Crippen LogP contribution < -0.4 is 15.0 Å². The third-order valence-corrected chi connectivity index (χ3v) is 3.57. The van der Waals surface area contributed by atoms with E-state index in [9.17, 15) is 4.39 Å². The highest BCUT2D eigenvalue weighted by molar-refractivity contribution is 5.50. The zero-order chi connectivity index (χ0) is 14.5. The maximum absolute atomic E-state index is 13.9.